The highest BCUT2D eigenvalue weighted by atomic mass is 19.1. The molecular formula is C12H16FN. The third-order valence-corrected chi connectivity index (χ3v) is 3.22. The Hall–Kier alpha value is -0.890. The Morgan fingerprint density at radius 2 is 2.07 bits per heavy atom. The van der Waals surface area contributed by atoms with Gasteiger partial charge in [0, 0.05) is 0 Å². The van der Waals surface area contributed by atoms with Crippen molar-refractivity contribution in [3.05, 3.63) is 35.6 Å². The van der Waals surface area contributed by atoms with Gasteiger partial charge in [0.15, 0.2) is 0 Å². The summed E-state index contributed by atoms with van der Waals surface area (Å²) in [5.74, 6) is 0.930. The Kier molecular flexibility index (Phi) is 2.82. The maximum Gasteiger partial charge on any atom is 0.126 e. The number of benzene rings is 1. The van der Waals surface area contributed by atoms with E-state index in [9.17, 15) is 4.39 Å². The molecule has 0 aliphatic heterocycles. The van der Waals surface area contributed by atoms with Crippen LogP contribution in [0.25, 0.3) is 0 Å². The van der Waals surface area contributed by atoms with Crippen molar-refractivity contribution in [1.82, 2.24) is 0 Å². The van der Waals surface area contributed by atoms with Crippen LogP contribution in [0.3, 0.4) is 0 Å². The fourth-order valence-electron chi connectivity index (χ4n) is 2.38. The van der Waals surface area contributed by atoms with Crippen molar-refractivity contribution in [2.75, 3.05) is 6.54 Å². The highest BCUT2D eigenvalue weighted by molar-refractivity contribution is 5.22. The summed E-state index contributed by atoms with van der Waals surface area (Å²) in [7, 11) is 0. The second kappa shape index (κ2) is 4.09. The molecule has 76 valence electrons. The van der Waals surface area contributed by atoms with E-state index in [2.05, 4.69) is 0 Å². The molecule has 1 nitrogen and oxygen atoms in total. The number of halogens is 1. The van der Waals surface area contributed by atoms with Crippen molar-refractivity contribution in [1.29, 1.82) is 0 Å². The summed E-state index contributed by atoms with van der Waals surface area (Å²) in [5, 5.41) is 0. The molecule has 0 saturated heterocycles. The predicted octanol–water partition coefficient (Wildman–Crippen LogP) is 2.67. The van der Waals surface area contributed by atoms with Gasteiger partial charge >= 0.3 is 0 Å². The molecule has 2 unspecified atom stereocenters. The quantitative estimate of drug-likeness (QED) is 0.767. The summed E-state index contributed by atoms with van der Waals surface area (Å²) < 4.78 is 13.4. The van der Waals surface area contributed by atoms with E-state index >= 15 is 0 Å². The Bertz CT molecular complexity index is 311. The van der Waals surface area contributed by atoms with Crippen LogP contribution in [0.2, 0.25) is 0 Å². The lowest BCUT2D eigenvalue weighted by molar-refractivity contribution is 0.538. The van der Waals surface area contributed by atoms with E-state index < -0.39 is 0 Å². The zero-order chi connectivity index (χ0) is 9.97. The van der Waals surface area contributed by atoms with Crippen LogP contribution in [0.5, 0.6) is 0 Å². The van der Waals surface area contributed by atoms with Gasteiger partial charge in [0.1, 0.15) is 5.82 Å². The van der Waals surface area contributed by atoms with Crippen LogP contribution in [0.4, 0.5) is 4.39 Å². The van der Waals surface area contributed by atoms with Crippen LogP contribution in [0, 0.1) is 11.7 Å². The van der Waals surface area contributed by atoms with Crippen molar-refractivity contribution in [2.45, 2.75) is 25.2 Å². The second-order valence-corrected chi connectivity index (χ2v) is 4.13. The molecule has 1 fully saturated rings. The standard InChI is InChI=1S/C12H16FN/c13-12-4-2-1-3-11(12)10-6-5-9(7-10)8-14/h1-4,9-10H,5-8,14H2. The average Bonchev–Trinajstić information content (AvgIpc) is 2.67. The summed E-state index contributed by atoms with van der Waals surface area (Å²) in [6.45, 7) is 0.741. The first kappa shape index (κ1) is 9.66. The summed E-state index contributed by atoms with van der Waals surface area (Å²) in [4.78, 5) is 0. The summed E-state index contributed by atoms with van der Waals surface area (Å²) in [6, 6.07) is 7.10. The molecule has 0 radical (unpaired) electrons. The van der Waals surface area contributed by atoms with Crippen molar-refractivity contribution >= 4 is 0 Å². The number of hydrogen-bond acceptors (Lipinski definition) is 1. The first-order valence-electron chi connectivity index (χ1n) is 5.25. The fourth-order valence-corrected chi connectivity index (χ4v) is 2.38. The van der Waals surface area contributed by atoms with Gasteiger partial charge < -0.3 is 5.73 Å². The van der Waals surface area contributed by atoms with Crippen LogP contribution in [0.1, 0.15) is 30.7 Å². The third-order valence-electron chi connectivity index (χ3n) is 3.22. The van der Waals surface area contributed by atoms with Crippen molar-refractivity contribution in [3.63, 3.8) is 0 Å². The van der Waals surface area contributed by atoms with Gasteiger partial charge in [0.05, 0.1) is 0 Å². The minimum absolute atomic E-state index is 0.0600. The van der Waals surface area contributed by atoms with E-state index in [1.807, 2.05) is 12.1 Å². The monoisotopic (exact) mass is 193 g/mol. The molecule has 2 N–H and O–H groups in total. The summed E-state index contributed by atoms with van der Waals surface area (Å²) in [5.41, 5.74) is 6.50. The lowest BCUT2D eigenvalue weighted by Gasteiger charge is -2.11. The largest absolute Gasteiger partial charge is 0.330 e. The van der Waals surface area contributed by atoms with Crippen LogP contribution < -0.4 is 5.73 Å². The molecule has 1 aromatic rings. The molecule has 0 spiro atoms. The molecule has 14 heavy (non-hydrogen) atoms. The Morgan fingerprint density at radius 1 is 1.29 bits per heavy atom. The molecule has 0 amide bonds. The van der Waals surface area contributed by atoms with Gasteiger partial charge in [-0.1, -0.05) is 18.2 Å². The van der Waals surface area contributed by atoms with Gasteiger partial charge in [0.2, 0.25) is 0 Å². The van der Waals surface area contributed by atoms with Crippen molar-refractivity contribution in [3.8, 4) is 0 Å². The molecule has 2 heteroatoms. The smallest absolute Gasteiger partial charge is 0.126 e. The number of hydrogen-bond donors (Lipinski definition) is 1. The minimum Gasteiger partial charge on any atom is -0.330 e. The molecule has 0 heterocycles. The fraction of sp³-hybridized carbons (Fsp3) is 0.500. The summed E-state index contributed by atoms with van der Waals surface area (Å²) >= 11 is 0. The zero-order valence-electron chi connectivity index (χ0n) is 8.25. The molecule has 0 bridgehead atoms. The van der Waals surface area contributed by atoms with E-state index in [0.717, 1.165) is 31.4 Å². The lowest BCUT2D eigenvalue weighted by Crippen LogP contribution is -2.10. The lowest BCUT2D eigenvalue weighted by atomic mass is 9.96. The third kappa shape index (κ3) is 1.80. The van der Waals surface area contributed by atoms with Gasteiger partial charge in [-0.05, 0) is 49.3 Å². The molecule has 1 saturated carbocycles. The number of nitrogens with two attached hydrogens (primary N) is 1. The van der Waals surface area contributed by atoms with Gasteiger partial charge in [-0.2, -0.15) is 0 Å². The van der Waals surface area contributed by atoms with Gasteiger partial charge in [-0.25, -0.2) is 4.39 Å². The zero-order valence-corrected chi connectivity index (χ0v) is 8.25. The molecule has 1 aromatic carbocycles. The van der Waals surface area contributed by atoms with E-state index in [-0.39, 0.29) is 5.82 Å². The second-order valence-electron chi connectivity index (χ2n) is 4.13. The summed E-state index contributed by atoms with van der Waals surface area (Å²) in [6.07, 6.45) is 3.29. The Balaban J connectivity index is 2.13. The van der Waals surface area contributed by atoms with E-state index in [0.29, 0.717) is 11.8 Å². The van der Waals surface area contributed by atoms with Crippen LogP contribution in [-0.4, -0.2) is 6.54 Å². The molecule has 1 aliphatic carbocycles. The van der Waals surface area contributed by atoms with Crippen LogP contribution in [-0.2, 0) is 0 Å². The van der Waals surface area contributed by atoms with Crippen molar-refractivity contribution in [2.24, 2.45) is 11.7 Å². The van der Waals surface area contributed by atoms with Crippen LogP contribution in [0.15, 0.2) is 24.3 Å². The normalized spacial score (nSPS) is 26.7. The molecule has 2 atom stereocenters. The first-order valence-corrected chi connectivity index (χ1v) is 5.25. The molecular weight excluding hydrogens is 177 g/mol. The van der Waals surface area contributed by atoms with Gasteiger partial charge in [-0.3, -0.25) is 0 Å². The molecule has 0 aromatic heterocycles. The Morgan fingerprint density at radius 3 is 2.71 bits per heavy atom. The highest BCUT2D eigenvalue weighted by Gasteiger charge is 2.26. The van der Waals surface area contributed by atoms with E-state index in [1.54, 1.807) is 12.1 Å². The van der Waals surface area contributed by atoms with Gasteiger partial charge in [0.25, 0.3) is 0 Å². The maximum atomic E-state index is 13.4. The predicted molar refractivity (Wildman–Crippen MR) is 55.5 cm³/mol. The van der Waals surface area contributed by atoms with Gasteiger partial charge in [-0.15, -0.1) is 0 Å². The highest BCUT2D eigenvalue weighted by Crippen LogP contribution is 2.38. The van der Waals surface area contributed by atoms with E-state index in [1.165, 1.54) is 0 Å². The minimum atomic E-state index is -0.0600. The maximum absolute atomic E-state index is 13.4. The average molecular weight is 193 g/mol. The topological polar surface area (TPSA) is 26.0 Å². The van der Waals surface area contributed by atoms with Crippen LogP contribution >= 0.6 is 0 Å². The SMILES string of the molecule is NCC1CCC(c2ccccc2F)C1. The Labute approximate surface area is 84.1 Å². The molecule has 2 rings (SSSR count). The van der Waals surface area contributed by atoms with Crippen molar-refractivity contribution < 1.29 is 4.39 Å². The van der Waals surface area contributed by atoms with E-state index in [4.69, 9.17) is 5.73 Å². The first-order chi connectivity index (χ1) is 6.81. The molecule has 1 aliphatic rings. The number of rotatable bonds is 2.